The van der Waals surface area contributed by atoms with Crippen molar-refractivity contribution in [1.82, 2.24) is 9.97 Å². The standard InChI is InChI=1S/C23H16N2S/c1-3-8-19-16(6-1)11-12-21(25-19)23(22-10-5-15-26-22)18-13-14-24-20-9-4-2-7-17(18)20/h1-15,23H. The van der Waals surface area contributed by atoms with Crippen LogP contribution in [0.5, 0.6) is 0 Å². The second-order valence-electron chi connectivity index (χ2n) is 6.29. The molecule has 0 saturated heterocycles. The van der Waals surface area contributed by atoms with Crippen LogP contribution in [-0.4, -0.2) is 9.97 Å². The third-order valence-electron chi connectivity index (χ3n) is 4.74. The normalized spacial score (nSPS) is 12.5. The minimum Gasteiger partial charge on any atom is -0.256 e. The van der Waals surface area contributed by atoms with Crippen molar-refractivity contribution < 1.29 is 0 Å². The van der Waals surface area contributed by atoms with Crippen LogP contribution in [-0.2, 0) is 0 Å². The largest absolute Gasteiger partial charge is 0.256 e. The van der Waals surface area contributed by atoms with E-state index in [4.69, 9.17) is 4.98 Å². The van der Waals surface area contributed by atoms with Crippen molar-refractivity contribution in [1.29, 1.82) is 0 Å². The van der Waals surface area contributed by atoms with Crippen LogP contribution < -0.4 is 0 Å². The molecule has 1 atom stereocenters. The van der Waals surface area contributed by atoms with E-state index in [1.807, 2.05) is 18.3 Å². The summed E-state index contributed by atoms with van der Waals surface area (Å²) in [4.78, 5) is 10.8. The average Bonchev–Trinajstić information content (AvgIpc) is 3.23. The number of hydrogen-bond acceptors (Lipinski definition) is 3. The van der Waals surface area contributed by atoms with Crippen molar-refractivity contribution >= 4 is 33.1 Å². The van der Waals surface area contributed by atoms with Gasteiger partial charge in [0.2, 0.25) is 0 Å². The van der Waals surface area contributed by atoms with E-state index >= 15 is 0 Å². The summed E-state index contributed by atoms with van der Waals surface area (Å²) in [6.07, 6.45) is 1.90. The van der Waals surface area contributed by atoms with Crippen LogP contribution in [0.1, 0.15) is 22.1 Å². The summed E-state index contributed by atoms with van der Waals surface area (Å²) in [6, 6.07) is 27.4. The fraction of sp³-hybridized carbons (Fsp3) is 0.0435. The molecule has 0 aliphatic heterocycles. The number of fused-ring (bicyclic) bond motifs is 2. The van der Waals surface area contributed by atoms with E-state index < -0.39 is 0 Å². The van der Waals surface area contributed by atoms with Crippen LogP contribution >= 0.6 is 11.3 Å². The number of pyridine rings is 2. The number of thiophene rings is 1. The van der Waals surface area contributed by atoms with Crippen LogP contribution in [0.25, 0.3) is 21.8 Å². The Morgan fingerprint density at radius 3 is 2.46 bits per heavy atom. The van der Waals surface area contributed by atoms with Crippen LogP contribution in [0.3, 0.4) is 0 Å². The van der Waals surface area contributed by atoms with Crippen LogP contribution in [0, 0.1) is 0 Å². The van der Waals surface area contributed by atoms with Crippen molar-refractivity contribution in [3.05, 3.63) is 107 Å². The predicted octanol–water partition coefficient (Wildman–Crippen LogP) is 6.02. The molecule has 0 fully saturated rings. The second-order valence-corrected chi connectivity index (χ2v) is 7.27. The summed E-state index contributed by atoms with van der Waals surface area (Å²) in [6.45, 7) is 0. The van der Waals surface area contributed by atoms with Gasteiger partial charge in [-0.05, 0) is 41.3 Å². The highest BCUT2D eigenvalue weighted by atomic mass is 32.1. The van der Waals surface area contributed by atoms with E-state index in [9.17, 15) is 0 Å². The molecule has 2 nitrogen and oxygen atoms in total. The van der Waals surface area contributed by atoms with Gasteiger partial charge in [0.25, 0.3) is 0 Å². The Hall–Kier alpha value is -3.04. The van der Waals surface area contributed by atoms with Gasteiger partial charge >= 0.3 is 0 Å². The Labute approximate surface area is 155 Å². The van der Waals surface area contributed by atoms with Crippen LogP contribution in [0.15, 0.2) is 90.4 Å². The molecular weight excluding hydrogens is 336 g/mol. The Morgan fingerprint density at radius 2 is 1.58 bits per heavy atom. The van der Waals surface area contributed by atoms with Gasteiger partial charge in [0.1, 0.15) is 0 Å². The molecule has 26 heavy (non-hydrogen) atoms. The van der Waals surface area contributed by atoms with Gasteiger partial charge in [-0.1, -0.05) is 48.5 Å². The molecular formula is C23H16N2S. The highest BCUT2D eigenvalue weighted by Gasteiger charge is 2.21. The molecule has 0 aliphatic rings. The summed E-state index contributed by atoms with van der Waals surface area (Å²) in [5.74, 6) is 0.104. The lowest BCUT2D eigenvalue weighted by atomic mass is 9.90. The monoisotopic (exact) mass is 352 g/mol. The van der Waals surface area contributed by atoms with Gasteiger partial charge in [-0.3, -0.25) is 9.97 Å². The van der Waals surface area contributed by atoms with E-state index in [0.29, 0.717) is 0 Å². The number of rotatable bonds is 3. The SMILES string of the molecule is c1csc(C(c2ccc3ccccc3n2)c2ccnc3ccccc23)c1. The Bertz CT molecular complexity index is 1190. The van der Waals surface area contributed by atoms with Gasteiger partial charge in [-0.25, -0.2) is 0 Å². The summed E-state index contributed by atoms with van der Waals surface area (Å²) in [5.41, 5.74) is 4.38. The maximum Gasteiger partial charge on any atom is 0.0705 e. The first-order chi connectivity index (χ1) is 12.9. The zero-order valence-electron chi connectivity index (χ0n) is 14.0. The third-order valence-corrected chi connectivity index (χ3v) is 5.67. The summed E-state index contributed by atoms with van der Waals surface area (Å²) in [7, 11) is 0. The van der Waals surface area contributed by atoms with Gasteiger partial charge in [0.15, 0.2) is 0 Å². The molecule has 0 aliphatic carbocycles. The van der Waals surface area contributed by atoms with Gasteiger partial charge in [0.05, 0.1) is 22.6 Å². The van der Waals surface area contributed by atoms with Crippen molar-refractivity contribution in [3.63, 3.8) is 0 Å². The van der Waals surface area contributed by atoms with E-state index in [1.54, 1.807) is 11.3 Å². The summed E-state index contributed by atoms with van der Waals surface area (Å²) in [5, 5.41) is 4.48. The second kappa shape index (κ2) is 6.36. The maximum atomic E-state index is 5.00. The lowest BCUT2D eigenvalue weighted by Gasteiger charge is -2.18. The first kappa shape index (κ1) is 15.2. The minimum absolute atomic E-state index is 0.104. The van der Waals surface area contributed by atoms with Gasteiger partial charge in [-0.2, -0.15) is 0 Å². The molecule has 3 aromatic heterocycles. The Kier molecular flexibility index (Phi) is 3.72. The molecule has 0 radical (unpaired) electrons. The predicted molar refractivity (Wildman–Crippen MR) is 109 cm³/mol. The summed E-state index contributed by atoms with van der Waals surface area (Å²) < 4.78 is 0. The number of aromatic nitrogens is 2. The molecule has 1 unspecified atom stereocenters. The number of benzene rings is 2. The topological polar surface area (TPSA) is 25.8 Å². The molecule has 0 spiro atoms. The molecule has 5 aromatic rings. The number of nitrogens with zero attached hydrogens (tertiary/aromatic N) is 2. The maximum absolute atomic E-state index is 5.00. The summed E-state index contributed by atoms with van der Waals surface area (Å²) >= 11 is 1.77. The molecule has 3 heterocycles. The van der Waals surface area contributed by atoms with E-state index in [0.717, 1.165) is 16.7 Å². The number of para-hydroxylation sites is 2. The zero-order valence-corrected chi connectivity index (χ0v) is 14.9. The Balaban J connectivity index is 1.78. The van der Waals surface area contributed by atoms with Gasteiger partial charge < -0.3 is 0 Å². The number of hydrogen-bond donors (Lipinski definition) is 0. The quantitative estimate of drug-likeness (QED) is 0.396. The fourth-order valence-electron chi connectivity index (χ4n) is 3.53. The molecule has 5 rings (SSSR count). The molecule has 0 N–H and O–H groups in total. The third kappa shape index (κ3) is 2.57. The molecule has 0 bridgehead atoms. The molecule has 2 aromatic carbocycles. The Morgan fingerprint density at radius 1 is 0.731 bits per heavy atom. The first-order valence-corrected chi connectivity index (χ1v) is 9.51. The molecule has 0 amide bonds. The van der Waals surface area contributed by atoms with Crippen molar-refractivity contribution in [2.24, 2.45) is 0 Å². The van der Waals surface area contributed by atoms with Crippen molar-refractivity contribution in [2.75, 3.05) is 0 Å². The minimum atomic E-state index is 0.104. The van der Waals surface area contributed by atoms with E-state index in [1.165, 1.54) is 21.2 Å². The smallest absolute Gasteiger partial charge is 0.0705 e. The van der Waals surface area contributed by atoms with Crippen LogP contribution in [0.4, 0.5) is 0 Å². The molecule has 124 valence electrons. The van der Waals surface area contributed by atoms with E-state index in [-0.39, 0.29) is 5.92 Å². The average molecular weight is 352 g/mol. The van der Waals surface area contributed by atoms with Gasteiger partial charge in [-0.15, -0.1) is 11.3 Å². The van der Waals surface area contributed by atoms with E-state index in [2.05, 4.69) is 77.1 Å². The fourth-order valence-corrected chi connectivity index (χ4v) is 4.38. The lowest BCUT2D eigenvalue weighted by molar-refractivity contribution is 0.958. The molecule has 0 saturated carbocycles. The van der Waals surface area contributed by atoms with Gasteiger partial charge in [0, 0.05) is 21.8 Å². The lowest BCUT2D eigenvalue weighted by Crippen LogP contribution is -2.05. The first-order valence-electron chi connectivity index (χ1n) is 8.63. The highest BCUT2D eigenvalue weighted by Crippen LogP contribution is 2.37. The van der Waals surface area contributed by atoms with Crippen molar-refractivity contribution in [3.8, 4) is 0 Å². The zero-order chi connectivity index (χ0) is 17.3. The highest BCUT2D eigenvalue weighted by molar-refractivity contribution is 7.10. The van der Waals surface area contributed by atoms with Crippen molar-refractivity contribution in [2.45, 2.75) is 5.92 Å². The molecule has 3 heteroatoms. The van der Waals surface area contributed by atoms with Crippen LogP contribution in [0.2, 0.25) is 0 Å².